The summed E-state index contributed by atoms with van der Waals surface area (Å²) in [6.07, 6.45) is 0.728. The minimum absolute atomic E-state index is 0.0133. The summed E-state index contributed by atoms with van der Waals surface area (Å²) in [7, 11) is 0. The average Bonchev–Trinajstić information content (AvgIpc) is 3.17. The largest absolute Gasteiger partial charge is 0.481 e. The van der Waals surface area contributed by atoms with Crippen LogP contribution in [0.4, 0.5) is 5.69 Å². The highest BCUT2D eigenvalue weighted by Crippen LogP contribution is 2.32. The number of amides is 5. The summed E-state index contributed by atoms with van der Waals surface area (Å²) in [6, 6.07) is 3.83. The smallest absolute Gasteiger partial charge is 0.303 e. The Morgan fingerprint density at radius 2 is 1.62 bits per heavy atom. The van der Waals surface area contributed by atoms with Gasteiger partial charge >= 0.3 is 5.97 Å². The molecule has 2 aliphatic rings. The third kappa shape index (κ3) is 8.83. The highest BCUT2D eigenvalue weighted by molar-refractivity contribution is 6.25. The molecule has 1 unspecified atom stereocenters. The lowest BCUT2D eigenvalue weighted by molar-refractivity contribution is -0.138. The van der Waals surface area contributed by atoms with Gasteiger partial charge in [-0.05, 0) is 25.0 Å². The topological polar surface area (TPSA) is 190 Å². The van der Waals surface area contributed by atoms with Crippen molar-refractivity contribution in [3.63, 3.8) is 0 Å². The van der Waals surface area contributed by atoms with Gasteiger partial charge in [0.15, 0.2) is 0 Å². The number of carboxylic acids is 1. The maximum absolute atomic E-state index is 13.1. The predicted molar refractivity (Wildman–Crippen MR) is 139 cm³/mol. The number of ether oxygens (including phenoxy) is 3. The van der Waals surface area contributed by atoms with Crippen molar-refractivity contribution >= 4 is 41.2 Å². The maximum Gasteiger partial charge on any atom is 0.303 e. The van der Waals surface area contributed by atoms with Crippen molar-refractivity contribution in [1.29, 1.82) is 0 Å². The number of hydrogen-bond acceptors (Lipinski definition) is 10. The van der Waals surface area contributed by atoms with Crippen molar-refractivity contribution in [3.05, 3.63) is 29.3 Å². The fourth-order valence-corrected chi connectivity index (χ4v) is 4.18. The molecule has 0 bridgehead atoms. The van der Waals surface area contributed by atoms with Gasteiger partial charge in [-0.25, -0.2) is 0 Å². The van der Waals surface area contributed by atoms with Crippen LogP contribution < -0.4 is 16.0 Å². The normalized spacial score (nSPS) is 16.6. The number of carbonyl (C=O) groups is 6. The molecule has 2 aliphatic heterocycles. The summed E-state index contributed by atoms with van der Waals surface area (Å²) in [4.78, 5) is 72.5. The Hall–Kier alpha value is -3.88. The first-order valence-corrected chi connectivity index (χ1v) is 13.1. The molecule has 1 fully saturated rings. The van der Waals surface area contributed by atoms with Crippen molar-refractivity contribution in [1.82, 2.24) is 15.5 Å². The number of nitrogens with zero attached hydrogens (tertiary/aromatic N) is 1. The molecule has 1 aromatic rings. The lowest BCUT2D eigenvalue weighted by atomic mass is 10.0. The molecule has 4 N–H and O–H groups in total. The van der Waals surface area contributed by atoms with Crippen LogP contribution in [-0.4, -0.2) is 104 Å². The van der Waals surface area contributed by atoms with Crippen LogP contribution >= 0.6 is 0 Å². The number of piperidine rings is 1. The molecule has 0 saturated carbocycles. The van der Waals surface area contributed by atoms with Gasteiger partial charge in [0.1, 0.15) is 6.04 Å². The van der Waals surface area contributed by atoms with Gasteiger partial charge in [0.2, 0.25) is 17.7 Å². The first kappa shape index (κ1) is 30.7. The first-order valence-electron chi connectivity index (χ1n) is 13.1. The van der Waals surface area contributed by atoms with Gasteiger partial charge in [0.25, 0.3) is 11.8 Å². The van der Waals surface area contributed by atoms with E-state index in [1.807, 2.05) is 0 Å². The van der Waals surface area contributed by atoms with E-state index in [0.29, 0.717) is 58.2 Å². The van der Waals surface area contributed by atoms with Crippen LogP contribution in [0.25, 0.3) is 0 Å². The van der Waals surface area contributed by atoms with Crippen LogP contribution in [0.3, 0.4) is 0 Å². The molecule has 0 aliphatic carbocycles. The number of hydrogen-bond donors (Lipinski definition) is 4. The molecule has 5 amide bonds. The van der Waals surface area contributed by atoms with E-state index >= 15 is 0 Å². The van der Waals surface area contributed by atoms with E-state index in [-0.39, 0.29) is 49.3 Å². The van der Waals surface area contributed by atoms with Crippen LogP contribution in [0.15, 0.2) is 18.2 Å². The zero-order valence-corrected chi connectivity index (χ0v) is 22.1. The number of carboxylic acid groups (broad SMARTS) is 1. The second-order valence-corrected chi connectivity index (χ2v) is 9.04. The Labute approximate surface area is 230 Å². The van der Waals surface area contributed by atoms with E-state index in [9.17, 15) is 28.8 Å². The summed E-state index contributed by atoms with van der Waals surface area (Å²) < 4.78 is 16.3. The Balaban J connectivity index is 1.26. The fraction of sp³-hybridized carbons (Fsp3) is 0.538. The Morgan fingerprint density at radius 3 is 2.33 bits per heavy atom. The lowest BCUT2D eigenvalue weighted by Crippen LogP contribution is -2.54. The number of aliphatic carboxylic acids is 1. The number of nitrogens with one attached hydrogen (secondary N) is 3. The van der Waals surface area contributed by atoms with Crippen LogP contribution in [-0.2, 0) is 33.4 Å². The van der Waals surface area contributed by atoms with E-state index in [1.165, 1.54) is 6.07 Å². The maximum atomic E-state index is 13.1. The van der Waals surface area contributed by atoms with Crippen LogP contribution in [0.1, 0.15) is 52.8 Å². The van der Waals surface area contributed by atoms with Gasteiger partial charge in [-0.1, -0.05) is 6.07 Å². The third-order valence-electron chi connectivity index (χ3n) is 6.14. The highest BCUT2D eigenvalue weighted by atomic mass is 16.5. The van der Waals surface area contributed by atoms with Crippen LogP contribution in [0.2, 0.25) is 0 Å². The minimum atomic E-state index is -1.02. The molecule has 1 atom stereocenters. The Kier molecular flexibility index (Phi) is 12.0. The molecule has 2 heterocycles. The van der Waals surface area contributed by atoms with Gasteiger partial charge in [0.05, 0.1) is 50.8 Å². The van der Waals surface area contributed by atoms with E-state index < -0.39 is 35.6 Å². The molecule has 0 radical (unpaired) electrons. The Bertz CT molecular complexity index is 1110. The number of rotatable bonds is 18. The van der Waals surface area contributed by atoms with Gasteiger partial charge in [0, 0.05) is 38.0 Å². The number of anilines is 1. The molecular formula is C26H34N4O10. The van der Waals surface area contributed by atoms with Crippen molar-refractivity contribution in [2.75, 3.05) is 58.0 Å². The standard InChI is InChI=1S/C26H34N4O10/c31-20(28-9-2-5-22(33)34)8-11-38-13-15-40-16-14-39-12-10-27-18-4-1-3-17-23(18)26(37)30(25(17)36)19-6-7-21(32)29-24(19)35/h1,3-4,19,27H,2,5-16H2,(H,28,31)(H,33,34)(H,29,32,35). The number of imide groups is 2. The van der Waals surface area contributed by atoms with Gasteiger partial charge in [-0.15, -0.1) is 0 Å². The minimum Gasteiger partial charge on any atom is -0.481 e. The first-order chi connectivity index (χ1) is 19.3. The highest BCUT2D eigenvalue weighted by Gasteiger charge is 2.45. The summed E-state index contributed by atoms with van der Waals surface area (Å²) in [5.74, 6) is -3.32. The molecule has 14 nitrogen and oxygen atoms in total. The molecule has 1 aromatic carbocycles. The summed E-state index contributed by atoms with van der Waals surface area (Å²) >= 11 is 0. The fourth-order valence-electron chi connectivity index (χ4n) is 4.18. The molecule has 14 heteroatoms. The molecule has 0 spiro atoms. The average molecular weight is 563 g/mol. The van der Waals surface area contributed by atoms with Crippen molar-refractivity contribution in [3.8, 4) is 0 Å². The van der Waals surface area contributed by atoms with Gasteiger partial charge in [-0.3, -0.25) is 39.0 Å². The zero-order chi connectivity index (χ0) is 28.9. The third-order valence-corrected chi connectivity index (χ3v) is 6.14. The van der Waals surface area contributed by atoms with E-state index in [0.717, 1.165) is 4.90 Å². The van der Waals surface area contributed by atoms with Crippen molar-refractivity contribution in [2.24, 2.45) is 0 Å². The molecular weight excluding hydrogens is 528 g/mol. The van der Waals surface area contributed by atoms with Gasteiger partial charge in [-0.2, -0.15) is 0 Å². The SMILES string of the molecule is O=C(O)CCCNC(=O)CCOCCOCCOCCNc1cccc2c1C(=O)N(C1CCC(=O)NC1=O)C2=O. The number of benzene rings is 1. The summed E-state index contributed by atoms with van der Waals surface area (Å²) in [5, 5.41) is 16.4. The Morgan fingerprint density at radius 1 is 0.925 bits per heavy atom. The predicted octanol–water partition coefficient (Wildman–Crippen LogP) is -0.0794. The second kappa shape index (κ2) is 15.6. The molecule has 218 valence electrons. The van der Waals surface area contributed by atoms with Crippen molar-refractivity contribution < 1.29 is 48.1 Å². The zero-order valence-electron chi connectivity index (χ0n) is 22.1. The number of fused-ring (bicyclic) bond motifs is 1. The quantitative estimate of drug-likeness (QED) is 0.138. The summed E-state index contributed by atoms with van der Waals surface area (Å²) in [5.41, 5.74) is 0.848. The molecule has 1 saturated heterocycles. The molecule has 3 rings (SSSR count). The summed E-state index contributed by atoms with van der Waals surface area (Å²) in [6.45, 7) is 2.53. The van der Waals surface area contributed by atoms with Gasteiger partial charge < -0.3 is 30.0 Å². The monoisotopic (exact) mass is 562 g/mol. The van der Waals surface area contributed by atoms with E-state index in [2.05, 4.69) is 16.0 Å². The van der Waals surface area contributed by atoms with Crippen LogP contribution in [0.5, 0.6) is 0 Å². The van der Waals surface area contributed by atoms with E-state index in [4.69, 9.17) is 19.3 Å². The van der Waals surface area contributed by atoms with Crippen molar-refractivity contribution in [2.45, 2.75) is 38.1 Å². The molecule has 40 heavy (non-hydrogen) atoms. The second-order valence-electron chi connectivity index (χ2n) is 9.04. The van der Waals surface area contributed by atoms with E-state index in [1.54, 1.807) is 12.1 Å². The number of carbonyl (C=O) groups excluding carboxylic acids is 5. The lowest BCUT2D eigenvalue weighted by Gasteiger charge is -2.27. The van der Waals surface area contributed by atoms with Crippen LogP contribution in [0, 0.1) is 0 Å². The molecule has 0 aromatic heterocycles.